The molecule has 1 saturated heterocycles. The van der Waals surface area contributed by atoms with Crippen LogP contribution in [0.2, 0.25) is 0 Å². The number of thioether (sulfide) groups is 1. The minimum Gasteiger partial charge on any atom is -0.493 e. The Kier molecular flexibility index (Phi) is 6.61. The van der Waals surface area contributed by atoms with Crippen molar-refractivity contribution in [3.8, 4) is 11.5 Å². The number of aryl methyl sites for hydroxylation is 2. The molecule has 0 bridgehead atoms. The third-order valence-electron chi connectivity index (χ3n) is 4.88. The predicted molar refractivity (Wildman–Crippen MR) is 130 cm³/mol. The highest BCUT2D eigenvalue weighted by Gasteiger charge is 2.24. The number of aliphatic imine (C=N–C) groups is 1. The van der Waals surface area contributed by atoms with Crippen molar-refractivity contribution in [3.05, 3.63) is 93.9 Å². The molecule has 0 radical (unpaired) electrons. The lowest BCUT2D eigenvalue weighted by Crippen LogP contribution is -2.19. The van der Waals surface area contributed by atoms with Crippen LogP contribution >= 0.6 is 11.8 Å². The molecular formula is C26H24N2O3S. The number of carbonyl (C=O) groups is 1. The van der Waals surface area contributed by atoms with E-state index in [4.69, 9.17) is 9.47 Å². The number of ether oxygens (including phenoxy) is 2. The number of hydrogen-bond donors (Lipinski definition) is 1. The van der Waals surface area contributed by atoms with Gasteiger partial charge in [0.1, 0.15) is 6.61 Å². The Morgan fingerprint density at radius 2 is 1.78 bits per heavy atom. The van der Waals surface area contributed by atoms with Crippen LogP contribution in [0, 0.1) is 13.8 Å². The second-order valence-electron chi connectivity index (χ2n) is 7.51. The molecule has 6 heteroatoms. The molecule has 5 nitrogen and oxygen atoms in total. The zero-order valence-corrected chi connectivity index (χ0v) is 19.0. The number of carbonyl (C=O) groups excluding carboxylic acids is 1. The smallest absolute Gasteiger partial charge is 0.264 e. The Balaban J connectivity index is 1.48. The maximum absolute atomic E-state index is 12.4. The van der Waals surface area contributed by atoms with Gasteiger partial charge < -0.3 is 14.8 Å². The first-order valence-corrected chi connectivity index (χ1v) is 11.0. The Hall–Kier alpha value is -3.51. The maximum atomic E-state index is 12.4. The highest BCUT2D eigenvalue weighted by atomic mass is 32.2. The van der Waals surface area contributed by atoms with E-state index in [2.05, 4.69) is 29.4 Å². The molecule has 0 aliphatic carbocycles. The first kappa shape index (κ1) is 21.7. The summed E-state index contributed by atoms with van der Waals surface area (Å²) >= 11 is 1.32. The van der Waals surface area contributed by atoms with Gasteiger partial charge >= 0.3 is 0 Å². The van der Waals surface area contributed by atoms with Crippen molar-refractivity contribution in [3.63, 3.8) is 0 Å². The number of hydrogen-bond acceptors (Lipinski definition) is 5. The zero-order chi connectivity index (χ0) is 22.5. The van der Waals surface area contributed by atoms with Gasteiger partial charge in [0, 0.05) is 0 Å². The van der Waals surface area contributed by atoms with Gasteiger partial charge in [0.15, 0.2) is 16.7 Å². The molecule has 0 unspecified atom stereocenters. The molecule has 1 fully saturated rings. The minimum absolute atomic E-state index is 0.167. The summed E-state index contributed by atoms with van der Waals surface area (Å²) in [4.78, 5) is 17.5. The van der Waals surface area contributed by atoms with E-state index in [1.165, 1.54) is 17.3 Å². The average Bonchev–Trinajstić information content (AvgIpc) is 3.12. The van der Waals surface area contributed by atoms with Crippen molar-refractivity contribution in [1.82, 2.24) is 5.32 Å². The fraction of sp³-hybridized carbons (Fsp3) is 0.154. The van der Waals surface area contributed by atoms with Crippen LogP contribution in [0.25, 0.3) is 6.08 Å². The van der Waals surface area contributed by atoms with E-state index >= 15 is 0 Å². The van der Waals surface area contributed by atoms with E-state index in [0.717, 1.165) is 22.4 Å². The van der Waals surface area contributed by atoms with Crippen LogP contribution in [-0.4, -0.2) is 18.2 Å². The Labute approximate surface area is 192 Å². The molecule has 0 atom stereocenters. The summed E-state index contributed by atoms with van der Waals surface area (Å²) in [6.07, 6.45) is 1.82. The van der Waals surface area contributed by atoms with Crippen molar-refractivity contribution in [2.75, 3.05) is 7.11 Å². The summed E-state index contributed by atoms with van der Waals surface area (Å²) in [6.45, 7) is 4.53. The number of benzene rings is 3. The number of amides is 1. The Bertz CT molecular complexity index is 1200. The van der Waals surface area contributed by atoms with E-state index in [9.17, 15) is 4.79 Å². The van der Waals surface area contributed by atoms with Gasteiger partial charge in [-0.3, -0.25) is 4.79 Å². The van der Waals surface area contributed by atoms with Crippen molar-refractivity contribution < 1.29 is 14.3 Å². The molecular weight excluding hydrogens is 420 g/mol. The van der Waals surface area contributed by atoms with Crippen molar-refractivity contribution in [2.24, 2.45) is 4.99 Å². The number of methoxy groups -OCH3 is 1. The zero-order valence-electron chi connectivity index (χ0n) is 18.2. The second kappa shape index (κ2) is 9.75. The summed E-state index contributed by atoms with van der Waals surface area (Å²) in [5.74, 6) is 1.10. The summed E-state index contributed by atoms with van der Waals surface area (Å²) in [5, 5.41) is 3.39. The fourth-order valence-corrected chi connectivity index (χ4v) is 4.07. The summed E-state index contributed by atoms with van der Waals surface area (Å²) in [5.41, 5.74) is 5.10. The van der Waals surface area contributed by atoms with E-state index in [0.29, 0.717) is 28.2 Å². The monoisotopic (exact) mass is 444 g/mol. The molecule has 4 rings (SSSR count). The summed E-state index contributed by atoms with van der Waals surface area (Å²) in [7, 11) is 1.61. The third kappa shape index (κ3) is 5.39. The van der Waals surface area contributed by atoms with Gasteiger partial charge in [0.05, 0.1) is 17.7 Å². The lowest BCUT2D eigenvalue weighted by atomic mass is 10.1. The molecule has 162 valence electrons. The fourth-order valence-electron chi connectivity index (χ4n) is 3.22. The molecule has 0 aromatic heterocycles. The molecule has 3 aromatic rings. The molecule has 1 N–H and O–H groups in total. The third-order valence-corrected chi connectivity index (χ3v) is 5.79. The molecule has 0 saturated carbocycles. The van der Waals surface area contributed by atoms with Gasteiger partial charge in [-0.05, 0) is 67.1 Å². The molecule has 3 aromatic carbocycles. The van der Waals surface area contributed by atoms with Gasteiger partial charge in [-0.25, -0.2) is 4.99 Å². The summed E-state index contributed by atoms with van der Waals surface area (Å²) < 4.78 is 11.5. The van der Waals surface area contributed by atoms with Crippen molar-refractivity contribution >= 4 is 34.6 Å². The van der Waals surface area contributed by atoms with Crippen LogP contribution < -0.4 is 14.8 Å². The van der Waals surface area contributed by atoms with E-state index in [1.54, 1.807) is 7.11 Å². The average molecular weight is 445 g/mol. The number of rotatable bonds is 6. The second-order valence-corrected chi connectivity index (χ2v) is 8.54. The largest absolute Gasteiger partial charge is 0.493 e. The molecule has 1 amide bonds. The molecule has 1 aliphatic rings. The van der Waals surface area contributed by atoms with Crippen LogP contribution in [0.15, 0.2) is 76.6 Å². The van der Waals surface area contributed by atoms with Crippen LogP contribution in [0.3, 0.4) is 0 Å². The topological polar surface area (TPSA) is 59.9 Å². The lowest BCUT2D eigenvalue weighted by molar-refractivity contribution is -0.115. The van der Waals surface area contributed by atoms with Gasteiger partial charge in [-0.2, -0.15) is 0 Å². The highest BCUT2D eigenvalue weighted by molar-refractivity contribution is 8.18. The number of amidine groups is 1. The van der Waals surface area contributed by atoms with E-state index < -0.39 is 0 Å². The maximum Gasteiger partial charge on any atom is 0.264 e. The number of nitrogens with zero attached hydrogens (tertiary/aromatic N) is 1. The van der Waals surface area contributed by atoms with Gasteiger partial charge in [0.25, 0.3) is 5.91 Å². The minimum atomic E-state index is -0.167. The standard InChI is InChI=1S/C26H24N2O3S/c1-17-7-10-21(11-8-17)27-26-28-25(29)24(32-26)15-19-9-12-22(23(14-19)30-3)31-16-20-6-4-5-18(2)13-20/h4-15H,16H2,1-3H3,(H,27,28,29)/b24-15+. The molecule has 0 spiro atoms. The van der Waals surface area contributed by atoms with Crippen LogP contribution in [0.1, 0.15) is 22.3 Å². The van der Waals surface area contributed by atoms with Crippen LogP contribution in [0.5, 0.6) is 11.5 Å². The van der Waals surface area contributed by atoms with Gasteiger partial charge in [0.2, 0.25) is 0 Å². The first-order valence-electron chi connectivity index (χ1n) is 10.2. The predicted octanol–water partition coefficient (Wildman–Crippen LogP) is 5.78. The Morgan fingerprint density at radius 1 is 0.969 bits per heavy atom. The highest BCUT2D eigenvalue weighted by Crippen LogP contribution is 2.32. The Morgan fingerprint density at radius 3 is 2.53 bits per heavy atom. The van der Waals surface area contributed by atoms with Crippen LogP contribution in [-0.2, 0) is 11.4 Å². The first-order chi connectivity index (χ1) is 15.5. The van der Waals surface area contributed by atoms with Gasteiger partial charge in [-0.15, -0.1) is 0 Å². The van der Waals surface area contributed by atoms with Crippen LogP contribution in [0.4, 0.5) is 5.69 Å². The molecule has 1 aliphatic heterocycles. The SMILES string of the molecule is COc1cc(/C=C2/SC(=Nc3ccc(C)cc3)NC2=O)ccc1OCc1cccc(C)c1. The van der Waals surface area contributed by atoms with Crippen molar-refractivity contribution in [2.45, 2.75) is 20.5 Å². The number of nitrogens with one attached hydrogen (secondary N) is 1. The van der Waals surface area contributed by atoms with E-state index in [1.807, 2.05) is 67.6 Å². The lowest BCUT2D eigenvalue weighted by Gasteiger charge is -2.12. The van der Waals surface area contributed by atoms with E-state index in [-0.39, 0.29) is 5.91 Å². The molecule has 1 heterocycles. The van der Waals surface area contributed by atoms with Gasteiger partial charge in [-0.1, -0.05) is 53.6 Å². The normalized spacial score (nSPS) is 15.8. The summed E-state index contributed by atoms with van der Waals surface area (Å²) in [6, 6.07) is 21.7. The molecule has 32 heavy (non-hydrogen) atoms. The van der Waals surface area contributed by atoms with Crippen molar-refractivity contribution in [1.29, 1.82) is 0 Å². The quantitative estimate of drug-likeness (QED) is 0.490.